The molecule has 0 aromatic rings. The molecule has 0 unspecified atom stereocenters. The van der Waals surface area contributed by atoms with Crippen LogP contribution >= 0.6 is 0 Å². The van der Waals surface area contributed by atoms with Crippen LogP contribution in [0.25, 0.3) is 0 Å². The van der Waals surface area contributed by atoms with E-state index in [0.29, 0.717) is 0 Å². The molecule has 0 heteroatoms. The van der Waals surface area contributed by atoms with E-state index in [1.54, 1.807) is 12.2 Å². The molecule has 0 amide bonds. The van der Waals surface area contributed by atoms with Crippen LogP contribution in [0.3, 0.4) is 0 Å². The number of rotatable bonds is 2. The van der Waals surface area contributed by atoms with Crippen molar-refractivity contribution < 1.29 is 0 Å². The highest BCUT2D eigenvalue weighted by atomic mass is 14.1. The average Bonchev–Trinajstić information content (AvgIpc) is 2.19. The minimum atomic E-state index is 0.851. The van der Waals surface area contributed by atoms with E-state index in [2.05, 4.69) is 25.8 Å². The van der Waals surface area contributed by atoms with Gasteiger partial charge in [-0.2, -0.15) is 0 Å². The molecule has 0 N–H and O–H groups in total. The summed E-state index contributed by atoms with van der Waals surface area (Å²) in [5.74, 6) is 0.851. The van der Waals surface area contributed by atoms with Gasteiger partial charge in [-0.3, -0.25) is 0 Å². The number of hydrogen-bond acceptors (Lipinski definition) is 0. The summed E-state index contributed by atoms with van der Waals surface area (Å²) in [4.78, 5) is 0. The molecule has 0 aromatic carbocycles. The average molecular weight is 164 g/mol. The maximum atomic E-state index is 3.78. The van der Waals surface area contributed by atoms with Gasteiger partial charge in [0.2, 0.25) is 0 Å². The van der Waals surface area contributed by atoms with Crippen LogP contribution in [0.5, 0.6) is 0 Å². The Morgan fingerprint density at radius 3 is 1.58 bits per heavy atom. The van der Waals surface area contributed by atoms with Crippen LogP contribution in [-0.4, -0.2) is 0 Å². The summed E-state index contributed by atoms with van der Waals surface area (Å²) in [7, 11) is 0. The fraction of sp³-hybridized carbons (Fsp3) is 0.500. The third-order valence-corrected chi connectivity index (χ3v) is 2.15. The first-order valence-electron chi connectivity index (χ1n) is 4.71. The van der Waals surface area contributed by atoms with Gasteiger partial charge in [0.1, 0.15) is 0 Å². The van der Waals surface area contributed by atoms with E-state index in [1.807, 2.05) is 0 Å². The van der Waals surface area contributed by atoms with Gasteiger partial charge in [0.15, 0.2) is 0 Å². The van der Waals surface area contributed by atoms with Crippen molar-refractivity contribution in [3.05, 3.63) is 38.0 Å². The van der Waals surface area contributed by atoms with Gasteiger partial charge in [0.25, 0.3) is 0 Å². The molecule has 0 nitrogen and oxygen atoms in total. The molecule has 0 heterocycles. The Bertz CT molecular complexity index is 121. The Morgan fingerprint density at radius 1 is 0.833 bits per heavy atom. The van der Waals surface area contributed by atoms with Crippen molar-refractivity contribution in [3.8, 4) is 0 Å². The highest BCUT2D eigenvalue weighted by Crippen LogP contribution is 2.23. The van der Waals surface area contributed by atoms with Gasteiger partial charge in [-0.05, 0) is 18.8 Å². The Kier molecular flexibility index (Phi) is 7.78. The normalized spacial score (nSPS) is 17.0. The van der Waals surface area contributed by atoms with Crippen LogP contribution in [-0.2, 0) is 0 Å². The van der Waals surface area contributed by atoms with Crippen molar-refractivity contribution in [2.75, 3.05) is 0 Å². The Hall–Kier alpha value is -0.780. The number of hydrogen-bond donors (Lipinski definition) is 0. The summed E-state index contributed by atoms with van der Waals surface area (Å²) >= 11 is 0. The molecule has 0 aromatic heterocycles. The fourth-order valence-electron chi connectivity index (χ4n) is 1.37. The van der Waals surface area contributed by atoms with E-state index in [1.165, 1.54) is 32.1 Å². The Morgan fingerprint density at radius 2 is 1.33 bits per heavy atom. The second-order valence-electron chi connectivity index (χ2n) is 3.11. The van der Waals surface area contributed by atoms with E-state index in [0.717, 1.165) is 5.92 Å². The summed E-state index contributed by atoms with van der Waals surface area (Å²) in [6.07, 6.45) is 12.5. The minimum Gasteiger partial charge on any atom is -0.103 e. The van der Waals surface area contributed by atoms with Crippen molar-refractivity contribution in [1.82, 2.24) is 0 Å². The molecule has 0 saturated heterocycles. The SMILES string of the molecule is C=CC1CCCCC1.C=CC=C. The first-order chi connectivity index (χ1) is 5.85. The van der Waals surface area contributed by atoms with Crippen molar-refractivity contribution in [2.24, 2.45) is 5.92 Å². The first-order valence-corrected chi connectivity index (χ1v) is 4.71. The largest absolute Gasteiger partial charge is 0.103 e. The molecule has 0 aliphatic heterocycles. The molecule has 0 radical (unpaired) electrons. The fourth-order valence-corrected chi connectivity index (χ4v) is 1.37. The maximum absolute atomic E-state index is 3.78. The smallest absolute Gasteiger partial charge is 0.0236 e. The van der Waals surface area contributed by atoms with E-state index >= 15 is 0 Å². The van der Waals surface area contributed by atoms with Gasteiger partial charge in [-0.1, -0.05) is 50.6 Å². The number of allylic oxidation sites excluding steroid dienone is 3. The monoisotopic (exact) mass is 164 g/mol. The van der Waals surface area contributed by atoms with E-state index in [-0.39, 0.29) is 0 Å². The molecule has 1 fully saturated rings. The van der Waals surface area contributed by atoms with Crippen LogP contribution in [0.15, 0.2) is 38.0 Å². The van der Waals surface area contributed by atoms with Gasteiger partial charge >= 0.3 is 0 Å². The van der Waals surface area contributed by atoms with E-state index in [4.69, 9.17) is 0 Å². The third-order valence-electron chi connectivity index (χ3n) is 2.15. The second-order valence-corrected chi connectivity index (χ2v) is 3.11. The Labute approximate surface area is 76.7 Å². The van der Waals surface area contributed by atoms with Crippen molar-refractivity contribution in [2.45, 2.75) is 32.1 Å². The topological polar surface area (TPSA) is 0 Å². The first kappa shape index (κ1) is 11.2. The van der Waals surface area contributed by atoms with Crippen molar-refractivity contribution >= 4 is 0 Å². The maximum Gasteiger partial charge on any atom is -0.0236 e. The zero-order valence-corrected chi connectivity index (χ0v) is 7.97. The standard InChI is InChI=1S/C8H14.C4H6/c1-2-8-6-4-3-5-7-8;1-3-4-2/h2,8H,1,3-7H2;3-4H,1-2H2. The lowest BCUT2D eigenvalue weighted by atomic mass is 9.90. The molecule has 1 rings (SSSR count). The van der Waals surface area contributed by atoms with Crippen LogP contribution in [0, 0.1) is 5.92 Å². The minimum absolute atomic E-state index is 0.851. The van der Waals surface area contributed by atoms with Crippen molar-refractivity contribution in [1.29, 1.82) is 0 Å². The summed E-state index contributed by atoms with van der Waals surface area (Å²) < 4.78 is 0. The molecule has 0 atom stereocenters. The highest BCUT2D eigenvalue weighted by Gasteiger charge is 2.07. The predicted molar refractivity (Wildman–Crippen MR) is 57.2 cm³/mol. The van der Waals surface area contributed by atoms with Crippen LogP contribution in [0.4, 0.5) is 0 Å². The second kappa shape index (κ2) is 8.32. The zero-order valence-electron chi connectivity index (χ0n) is 7.97. The summed E-state index contributed by atoms with van der Waals surface area (Å²) in [6.45, 7) is 10.5. The predicted octanol–water partition coefficient (Wildman–Crippen LogP) is 4.11. The molecule has 1 aliphatic carbocycles. The third kappa shape index (κ3) is 5.96. The van der Waals surface area contributed by atoms with Crippen LogP contribution in [0.1, 0.15) is 32.1 Å². The van der Waals surface area contributed by atoms with Gasteiger partial charge in [-0.15, -0.1) is 6.58 Å². The molecular weight excluding hydrogens is 144 g/mol. The lowest BCUT2D eigenvalue weighted by Crippen LogP contribution is -2.01. The van der Waals surface area contributed by atoms with Gasteiger partial charge in [0, 0.05) is 0 Å². The molecular formula is C12H20. The Balaban J connectivity index is 0.000000261. The molecule has 12 heavy (non-hydrogen) atoms. The van der Waals surface area contributed by atoms with Gasteiger partial charge < -0.3 is 0 Å². The lowest BCUT2D eigenvalue weighted by Gasteiger charge is -2.16. The summed E-state index contributed by atoms with van der Waals surface area (Å²) in [5.41, 5.74) is 0. The van der Waals surface area contributed by atoms with Gasteiger partial charge in [-0.25, -0.2) is 0 Å². The molecule has 0 spiro atoms. The lowest BCUT2D eigenvalue weighted by molar-refractivity contribution is 0.420. The molecule has 1 saturated carbocycles. The van der Waals surface area contributed by atoms with Crippen molar-refractivity contribution in [3.63, 3.8) is 0 Å². The van der Waals surface area contributed by atoms with E-state index < -0.39 is 0 Å². The zero-order chi connectivity index (χ0) is 9.23. The molecule has 0 bridgehead atoms. The quantitative estimate of drug-likeness (QED) is 0.425. The highest BCUT2D eigenvalue weighted by molar-refractivity contribution is 4.88. The van der Waals surface area contributed by atoms with Gasteiger partial charge in [0.05, 0.1) is 0 Å². The molecule has 1 aliphatic rings. The van der Waals surface area contributed by atoms with Crippen LogP contribution in [0.2, 0.25) is 0 Å². The summed E-state index contributed by atoms with van der Waals surface area (Å²) in [6, 6.07) is 0. The molecule has 68 valence electrons. The van der Waals surface area contributed by atoms with E-state index in [9.17, 15) is 0 Å². The summed E-state index contributed by atoms with van der Waals surface area (Å²) in [5, 5.41) is 0. The van der Waals surface area contributed by atoms with Crippen LogP contribution < -0.4 is 0 Å².